The van der Waals surface area contributed by atoms with Crippen LogP contribution in [0.2, 0.25) is 10.0 Å². The normalized spacial score (nSPS) is 11.7. The van der Waals surface area contributed by atoms with Crippen LogP contribution in [0.25, 0.3) is 0 Å². The average Bonchev–Trinajstić information content (AvgIpc) is 2.34. The molecule has 0 aliphatic rings. The largest absolute Gasteiger partial charge is 0.484 e. The molecule has 2 rings (SSSR count). The topological polar surface area (TPSA) is 57.1 Å². The van der Waals surface area contributed by atoms with Gasteiger partial charge in [-0.1, -0.05) is 23.2 Å². The van der Waals surface area contributed by atoms with Crippen molar-refractivity contribution in [3.63, 3.8) is 0 Å². The summed E-state index contributed by atoms with van der Waals surface area (Å²) in [6.07, 6.45) is 2.70. The average molecular weight is 382 g/mol. The van der Waals surface area contributed by atoms with E-state index in [4.69, 9.17) is 27.9 Å². The molecule has 0 unspecified atom stereocenters. The van der Waals surface area contributed by atoms with Gasteiger partial charge in [-0.05, 0) is 41.1 Å². The van der Waals surface area contributed by atoms with Crippen molar-refractivity contribution in [1.82, 2.24) is 11.1 Å². The van der Waals surface area contributed by atoms with Crippen molar-refractivity contribution in [2.45, 2.75) is 13.0 Å². The van der Waals surface area contributed by atoms with Crippen molar-refractivity contribution in [1.29, 1.82) is 0 Å². The summed E-state index contributed by atoms with van der Waals surface area (Å²) in [5.41, 5.74) is 0.420. The standard InChI is InChI=1S/C13H9BrCl2FNO.H3N/c1-7(19-9-4-8(14)5-18-6-9)12-10(15)2-3-11(17)13(12)16;/h2-7H,1H3;1H3/t7-;/m0./s1. The maximum absolute atomic E-state index is 13.5. The Morgan fingerprint density at radius 1 is 1.30 bits per heavy atom. The molecule has 0 aliphatic carbocycles. The molecule has 108 valence electrons. The summed E-state index contributed by atoms with van der Waals surface area (Å²) in [6.45, 7) is 1.74. The number of ether oxygens (including phenoxy) is 1. The number of rotatable bonds is 3. The Hall–Kier alpha value is -0.880. The van der Waals surface area contributed by atoms with Gasteiger partial charge in [0.05, 0.1) is 11.2 Å². The maximum Gasteiger partial charge on any atom is 0.142 e. The molecular formula is C13H12BrCl2FN2O. The molecule has 1 aromatic heterocycles. The number of hydrogen-bond acceptors (Lipinski definition) is 3. The Balaban J connectivity index is 0.00000200. The van der Waals surface area contributed by atoms with Gasteiger partial charge >= 0.3 is 0 Å². The molecular weight excluding hydrogens is 370 g/mol. The summed E-state index contributed by atoms with van der Waals surface area (Å²) in [5.74, 6) is 0.0159. The molecule has 3 nitrogen and oxygen atoms in total. The maximum atomic E-state index is 13.5. The van der Waals surface area contributed by atoms with Crippen molar-refractivity contribution in [3.8, 4) is 5.75 Å². The first kappa shape index (κ1) is 17.2. The number of pyridine rings is 1. The number of aromatic nitrogens is 1. The van der Waals surface area contributed by atoms with Crippen LogP contribution in [0.5, 0.6) is 5.75 Å². The van der Waals surface area contributed by atoms with Gasteiger partial charge in [-0.2, -0.15) is 0 Å². The zero-order valence-electron chi connectivity index (χ0n) is 10.5. The Kier molecular flexibility index (Phi) is 6.20. The zero-order chi connectivity index (χ0) is 14.0. The highest BCUT2D eigenvalue weighted by Gasteiger charge is 2.18. The fourth-order valence-corrected chi connectivity index (χ4v) is 2.66. The molecule has 0 amide bonds. The van der Waals surface area contributed by atoms with Gasteiger partial charge in [-0.15, -0.1) is 0 Å². The number of nitrogens with zero attached hydrogens (tertiary/aromatic N) is 1. The molecule has 3 N–H and O–H groups in total. The first-order valence-electron chi connectivity index (χ1n) is 5.39. The third kappa shape index (κ3) is 3.82. The van der Waals surface area contributed by atoms with E-state index in [1.807, 2.05) is 0 Å². The highest BCUT2D eigenvalue weighted by Crippen LogP contribution is 2.34. The van der Waals surface area contributed by atoms with Crippen LogP contribution in [0.3, 0.4) is 0 Å². The van der Waals surface area contributed by atoms with Gasteiger partial charge in [0.25, 0.3) is 0 Å². The SMILES string of the molecule is C[C@H](Oc1cncc(Br)c1)c1c(Cl)ccc(F)c1Cl.N. The first-order valence-corrected chi connectivity index (χ1v) is 6.94. The van der Waals surface area contributed by atoms with Crippen LogP contribution in [-0.2, 0) is 0 Å². The lowest BCUT2D eigenvalue weighted by atomic mass is 10.1. The quantitative estimate of drug-likeness (QED) is 0.704. The second kappa shape index (κ2) is 7.22. The summed E-state index contributed by atoms with van der Waals surface area (Å²) < 4.78 is 19.9. The number of benzene rings is 1. The van der Waals surface area contributed by atoms with Crippen LogP contribution in [0, 0.1) is 5.82 Å². The van der Waals surface area contributed by atoms with Gasteiger partial charge in [0.1, 0.15) is 17.7 Å². The molecule has 0 bridgehead atoms. The highest BCUT2D eigenvalue weighted by atomic mass is 79.9. The van der Waals surface area contributed by atoms with Crippen LogP contribution in [0.15, 0.2) is 35.1 Å². The molecule has 0 spiro atoms. The van der Waals surface area contributed by atoms with E-state index in [0.717, 1.165) is 4.47 Å². The molecule has 1 heterocycles. The van der Waals surface area contributed by atoms with Crippen LogP contribution < -0.4 is 10.9 Å². The van der Waals surface area contributed by atoms with Crippen molar-refractivity contribution < 1.29 is 9.13 Å². The Labute approximate surface area is 134 Å². The Morgan fingerprint density at radius 3 is 2.65 bits per heavy atom. The predicted molar refractivity (Wildman–Crippen MR) is 82.4 cm³/mol. The lowest BCUT2D eigenvalue weighted by Gasteiger charge is -2.17. The zero-order valence-corrected chi connectivity index (χ0v) is 13.6. The van der Waals surface area contributed by atoms with E-state index in [2.05, 4.69) is 20.9 Å². The van der Waals surface area contributed by atoms with Crippen LogP contribution >= 0.6 is 39.1 Å². The van der Waals surface area contributed by atoms with E-state index in [0.29, 0.717) is 16.3 Å². The lowest BCUT2D eigenvalue weighted by molar-refractivity contribution is 0.225. The summed E-state index contributed by atoms with van der Waals surface area (Å²) in [6, 6.07) is 4.43. The first-order chi connectivity index (χ1) is 8.99. The number of hydrogen-bond donors (Lipinski definition) is 1. The smallest absolute Gasteiger partial charge is 0.142 e. The van der Waals surface area contributed by atoms with Crippen molar-refractivity contribution in [2.24, 2.45) is 0 Å². The van der Waals surface area contributed by atoms with Crippen molar-refractivity contribution >= 4 is 39.1 Å². The summed E-state index contributed by atoms with van der Waals surface area (Å²) in [4.78, 5) is 3.98. The Bertz CT molecular complexity index is 613. The monoisotopic (exact) mass is 380 g/mol. The summed E-state index contributed by atoms with van der Waals surface area (Å²) in [7, 11) is 0. The molecule has 7 heteroatoms. The van der Waals surface area contributed by atoms with Crippen LogP contribution in [0.4, 0.5) is 4.39 Å². The van der Waals surface area contributed by atoms with Crippen LogP contribution in [0.1, 0.15) is 18.6 Å². The van der Waals surface area contributed by atoms with Gasteiger partial charge in [0, 0.05) is 21.3 Å². The molecule has 1 aromatic carbocycles. The highest BCUT2D eigenvalue weighted by molar-refractivity contribution is 9.10. The van der Waals surface area contributed by atoms with Crippen molar-refractivity contribution in [3.05, 3.63) is 56.5 Å². The van der Waals surface area contributed by atoms with Crippen molar-refractivity contribution in [2.75, 3.05) is 0 Å². The second-order valence-corrected chi connectivity index (χ2v) is 5.56. The lowest BCUT2D eigenvalue weighted by Crippen LogP contribution is -2.06. The minimum Gasteiger partial charge on any atom is -0.484 e. The Morgan fingerprint density at radius 2 is 2.00 bits per heavy atom. The van der Waals surface area contributed by atoms with Gasteiger partial charge in [-0.3, -0.25) is 4.98 Å². The third-order valence-corrected chi connectivity index (χ3v) is 3.63. The molecule has 0 radical (unpaired) electrons. The van der Waals surface area contributed by atoms with E-state index in [9.17, 15) is 4.39 Å². The predicted octanol–water partition coefficient (Wildman–Crippen LogP) is 5.59. The van der Waals surface area contributed by atoms with E-state index >= 15 is 0 Å². The molecule has 20 heavy (non-hydrogen) atoms. The second-order valence-electron chi connectivity index (χ2n) is 3.86. The number of halogens is 4. The fourth-order valence-electron chi connectivity index (χ4n) is 1.64. The summed E-state index contributed by atoms with van der Waals surface area (Å²) in [5, 5.41) is 0.338. The van der Waals surface area contributed by atoms with Gasteiger partial charge in [0.15, 0.2) is 0 Å². The van der Waals surface area contributed by atoms with E-state index in [1.54, 1.807) is 25.4 Å². The van der Waals surface area contributed by atoms with E-state index < -0.39 is 11.9 Å². The molecule has 0 saturated carbocycles. The minimum absolute atomic E-state index is 0. The minimum atomic E-state index is -0.524. The summed E-state index contributed by atoms with van der Waals surface area (Å²) >= 11 is 15.3. The van der Waals surface area contributed by atoms with E-state index in [1.165, 1.54) is 12.1 Å². The van der Waals surface area contributed by atoms with E-state index in [-0.39, 0.29) is 11.2 Å². The fraction of sp³-hybridized carbons (Fsp3) is 0.154. The van der Waals surface area contributed by atoms with Gasteiger partial charge in [0.2, 0.25) is 0 Å². The molecule has 2 aromatic rings. The van der Waals surface area contributed by atoms with Gasteiger partial charge < -0.3 is 10.9 Å². The third-order valence-electron chi connectivity index (χ3n) is 2.48. The molecule has 0 fully saturated rings. The molecule has 0 saturated heterocycles. The van der Waals surface area contributed by atoms with Crippen LogP contribution in [-0.4, -0.2) is 4.98 Å². The molecule has 1 atom stereocenters. The van der Waals surface area contributed by atoms with Gasteiger partial charge in [-0.25, -0.2) is 4.39 Å². The molecule has 0 aliphatic heterocycles.